The van der Waals surface area contributed by atoms with E-state index < -0.39 is 10.0 Å². The van der Waals surface area contributed by atoms with E-state index in [0.29, 0.717) is 36.6 Å². The van der Waals surface area contributed by atoms with Crippen LogP contribution in [-0.4, -0.2) is 43.8 Å². The third kappa shape index (κ3) is 5.69. The molecule has 1 fully saturated rings. The lowest BCUT2D eigenvalue weighted by Crippen LogP contribution is -2.37. The summed E-state index contributed by atoms with van der Waals surface area (Å²) in [6.07, 6.45) is 1.29. The highest BCUT2D eigenvalue weighted by molar-refractivity contribution is 7.89. The van der Waals surface area contributed by atoms with Crippen molar-refractivity contribution in [3.05, 3.63) is 74.7 Å². The molecule has 0 saturated carbocycles. The predicted octanol–water partition coefficient (Wildman–Crippen LogP) is 5.17. The molecule has 7 nitrogen and oxygen atoms in total. The van der Waals surface area contributed by atoms with E-state index in [0.717, 1.165) is 21.9 Å². The first kappa shape index (κ1) is 25.6. The fraction of sp³-hybridized carbons (Fsp3) is 0.360. The van der Waals surface area contributed by atoms with Crippen molar-refractivity contribution in [1.82, 2.24) is 14.6 Å². The van der Waals surface area contributed by atoms with Crippen molar-refractivity contribution in [2.24, 2.45) is 0 Å². The predicted molar refractivity (Wildman–Crippen MR) is 138 cm³/mol. The molecule has 0 spiro atoms. The van der Waals surface area contributed by atoms with Gasteiger partial charge in [0.2, 0.25) is 10.0 Å². The van der Waals surface area contributed by atoms with Crippen LogP contribution in [0.15, 0.2) is 52.7 Å². The summed E-state index contributed by atoms with van der Waals surface area (Å²) in [7, 11) is -1.99. The average Bonchev–Trinajstić information content (AvgIpc) is 3.36. The topological polar surface area (TPSA) is 88.6 Å². The van der Waals surface area contributed by atoms with Gasteiger partial charge in [-0.3, -0.25) is 4.79 Å². The number of sulfonamides is 1. The number of aryl methyl sites for hydroxylation is 1. The summed E-state index contributed by atoms with van der Waals surface area (Å²) in [5.41, 5.74) is 2.16. The number of carbonyl (C=O) groups is 1. The number of thiazole rings is 1. The second-order valence-electron chi connectivity index (χ2n) is 8.63. The van der Waals surface area contributed by atoms with Gasteiger partial charge in [-0.25, -0.2) is 13.4 Å². The molecule has 1 aliphatic heterocycles. The second-order valence-corrected chi connectivity index (χ2v) is 11.9. The summed E-state index contributed by atoms with van der Waals surface area (Å²) < 4.78 is 32.8. The van der Waals surface area contributed by atoms with E-state index >= 15 is 0 Å². The SMILES string of the molecule is COc1cccc(C(C)NC(=O)c2csc(C3CCN(S(=O)(=O)c4ccc(C)c(Cl)c4)CC3)n2)c1. The minimum Gasteiger partial charge on any atom is -0.497 e. The molecule has 35 heavy (non-hydrogen) atoms. The van der Waals surface area contributed by atoms with Gasteiger partial charge in [0.05, 0.1) is 23.1 Å². The Bertz CT molecular complexity index is 1320. The number of halogens is 1. The molecule has 1 aliphatic rings. The molecule has 1 amide bonds. The zero-order valence-corrected chi connectivity index (χ0v) is 22.2. The zero-order chi connectivity index (χ0) is 25.2. The maximum absolute atomic E-state index is 13.0. The summed E-state index contributed by atoms with van der Waals surface area (Å²) >= 11 is 7.59. The van der Waals surface area contributed by atoms with Crippen molar-refractivity contribution in [2.75, 3.05) is 20.2 Å². The normalized spacial score (nSPS) is 16.1. The van der Waals surface area contributed by atoms with Crippen molar-refractivity contribution >= 4 is 38.9 Å². The standard InChI is InChI=1S/C25H28ClN3O4S2/c1-16-7-8-21(14-22(16)26)35(31,32)29-11-9-18(10-12-29)25-28-23(15-34-25)24(30)27-17(2)19-5-4-6-20(13-19)33-3/h4-8,13-15,17-18H,9-12H2,1-3H3,(H,27,30). The van der Waals surface area contributed by atoms with E-state index in [4.69, 9.17) is 16.3 Å². The molecular weight excluding hydrogens is 506 g/mol. The van der Waals surface area contributed by atoms with Crippen molar-refractivity contribution < 1.29 is 17.9 Å². The van der Waals surface area contributed by atoms with Crippen LogP contribution in [0.5, 0.6) is 5.75 Å². The molecule has 1 saturated heterocycles. The average molecular weight is 534 g/mol. The van der Waals surface area contributed by atoms with Gasteiger partial charge < -0.3 is 10.1 Å². The Balaban J connectivity index is 1.37. The first-order valence-electron chi connectivity index (χ1n) is 11.4. The molecule has 1 atom stereocenters. The van der Waals surface area contributed by atoms with E-state index in [1.165, 1.54) is 21.7 Å². The summed E-state index contributed by atoms with van der Waals surface area (Å²) in [6, 6.07) is 12.2. The van der Waals surface area contributed by atoms with Crippen molar-refractivity contribution in [3.8, 4) is 5.75 Å². The van der Waals surface area contributed by atoms with Gasteiger partial charge in [0, 0.05) is 29.4 Å². The number of aromatic nitrogens is 1. The van der Waals surface area contributed by atoms with E-state index in [9.17, 15) is 13.2 Å². The van der Waals surface area contributed by atoms with Gasteiger partial charge in [-0.15, -0.1) is 11.3 Å². The van der Waals surface area contributed by atoms with Gasteiger partial charge in [-0.05, 0) is 62.1 Å². The maximum Gasteiger partial charge on any atom is 0.271 e. The Morgan fingerprint density at radius 1 is 1.23 bits per heavy atom. The Hall–Kier alpha value is -2.46. The Morgan fingerprint density at radius 2 is 1.97 bits per heavy atom. The van der Waals surface area contributed by atoms with Crippen LogP contribution >= 0.6 is 22.9 Å². The highest BCUT2D eigenvalue weighted by Gasteiger charge is 2.31. The van der Waals surface area contributed by atoms with Gasteiger partial charge in [-0.2, -0.15) is 4.31 Å². The highest BCUT2D eigenvalue weighted by Crippen LogP contribution is 2.33. The molecule has 2 heterocycles. The van der Waals surface area contributed by atoms with Crippen LogP contribution in [-0.2, 0) is 10.0 Å². The lowest BCUT2D eigenvalue weighted by atomic mass is 9.99. The smallest absolute Gasteiger partial charge is 0.271 e. The van der Waals surface area contributed by atoms with Gasteiger partial charge in [-0.1, -0.05) is 29.8 Å². The van der Waals surface area contributed by atoms with Crippen molar-refractivity contribution in [1.29, 1.82) is 0 Å². The fourth-order valence-electron chi connectivity index (χ4n) is 4.07. The van der Waals surface area contributed by atoms with E-state index in [2.05, 4.69) is 10.3 Å². The third-order valence-electron chi connectivity index (χ3n) is 6.28. The van der Waals surface area contributed by atoms with Gasteiger partial charge >= 0.3 is 0 Å². The first-order chi connectivity index (χ1) is 16.7. The monoisotopic (exact) mass is 533 g/mol. The van der Waals surface area contributed by atoms with Crippen LogP contribution in [0.3, 0.4) is 0 Å². The van der Waals surface area contributed by atoms with Crippen molar-refractivity contribution in [2.45, 2.75) is 43.5 Å². The van der Waals surface area contributed by atoms with Gasteiger partial charge in [0.25, 0.3) is 5.91 Å². The molecular formula is C25H28ClN3O4S2. The Morgan fingerprint density at radius 3 is 2.66 bits per heavy atom. The number of nitrogens with zero attached hydrogens (tertiary/aromatic N) is 2. The molecule has 0 bridgehead atoms. The number of hydrogen-bond donors (Lipinski definition) is 1. The number of nitrogens with one attached hydrogen (secondary N) is 1. The minimum absolute atomic E-state index is 0.116. The summed E-state index contributed by atoms with van der Waals surface area (Å²) in [5.74, 6) is 0.614. The molecule has 4 rings (SSSR count). The third-order valence-corrected chi connectivity index (χ3v) is 9.59. The van der Waals surface area contributed by atoms with Gasteiger partial charge in [0.15, 0.2) is 0 Å². The first-order valence-corrected chi connectivity index (χ1v) is 14.1. The van der Waals surface area contributed by atoms with Crippen LogP contribution in [0, 0.1) is 6.92 Å². The largest absolute Gasteiger partial charge is 0.497 e. The summed E-state index contributed by atoms with van der Waals surface area (Å²) in [6.45, 7) is 4.54. The summed E-state index contributed by atoms with van der Waals surface area (Å²) in [4.78, 5) is 17.6. The number of methoxy groups -OCH3 is 1. The zero-order valence-electron chi connectivity index (χ0n) is 19.8. The van der Waals surface area contributed by atoms with Crippen LogP contribution in [0.4, 0.5) is 0 Å². The lowest BCUT2D eigenvalue weighted by Gasteiger charge is -2.30. The molecule has 1 unspecified atom stereocenters. The van der Waals surface area contributed by atoms with Crippen molar-refractivity contribution in [3.63, 3.8) is 0 Å². The number of ether oxygens (including phenoxy) is 1. The number of carbonyl (C=O) groups excluding carboxylic acids is 1. The van der Waals surface area contributed by atoms with Crippen LogP contribution < -0.4 is 10.1 Å². The molecule has 0 aliphatic carbocycles. The number of piperidine rings is 1. The number of amides is 1. The van der Waals surface area contributed by atoms with Crippen LogP contribution in [0.2, 0.25) is 5.02 Å². The molecule has 10 heteroatoms. The van der Waals surface area contributed by atoms with Crippen LogP contribution in [0.1, 0.15) is 58.3 Å². The highest BCUT2D eigenvalue weighted by atomic mass is 35.5. The number of rotatable bonds is 7. The van der Waals surface area contributed by atoms with Gasteiger partial charge in [0.1, 0.15) is 11.4 Å². The molecule has 0 radical (unpaired) electrons. The van der Waals surface area contributed by atoms with E-state index in [-0.39, 0.29) is 22.8 Å². The summed E-state index contributed by atoms with van der Waals surface area (Å²) in [5, 5.41) is 6.05. The minimum atomic E-state index is -3.60. The maximum atomic E-state index is 13.0. The molecule has 2 aromatic carbocycles. The number of hydrogen-bond acceptors (Lipinski definition) is 6. The Kier molecular flexibility index (Phi) is 7.80. The molecule has 1 N–H and O–H groups in total. The van der Waals surface area contributed by atoms with E-state index in [1.54, 1.807) is 24.6 Å². The molecule has 1 aromatic heterocycles. The van der Waals surface area contributed by atoms with E-state index in [1.807, 2.05) is 38.1 Å². The fourth-order valence-corrected chi connectivity index (χ4v) is 6.78. The quantitative estimate of drug-likeness (QED) is 0.452. The number of benzene rings is 2. The lowest BCUT2D eigenvalue weighted by molar-refractivity contribution is 0.0935. The van der Waals surface area contributed by atoms with Crippen LogP contribution in [0.25, 0.3) is 0 Å². The Labute approximate surface area is 215 Å². The molecule has 186 valence electrons. The second kappa shape index (κ2) is 10.7. The molecule has 3 aromatic rings.